The molecule has 1 aliphatic carbocycles. The molecule has 1 aliphatic rings. The zero-order valence-corrected chi connectivity index (χ0v) is 14.7. The van der Waals surface area contributed by atoms with E-state index in [-0.39, 0.29) is 24.9 Å². The molecule has 2 atom stereocenters. The minimum Gasteiger partial charge on any atom is -0.481 e. The first-order chi connectivity index (χ1) is 11.8. The smallest absolute Gasteiger partial charge is 0.307 e. The molecule has 25 heavy (non-hydrogen) atoms. The van der Waals surface area contributed by atoms with E-state index in [1.165, 1.54) is 11.3 Å². The second-order valence-electron chi connectivity index (χ2n) is 6.65. The molecule has 0 saturated heterocycles. The van der Waals surface area contributed by atoms with Gasteiger partial charge in [-0.1, -0.05) is 26.0 Å². The first-order valence-corrected chi connectivity index (χ1v) is 8.78. The first kappa shape index (κ1) is 17.3. The highest BCUT2D eigenvalue weighted by molar-refractivity contribution is 7.20. The third-order valence-electron chi connectivity index (χ3n) is 4.57. The van der Waals surface area contributed by atoms with E-state index in [4.69, 9.17) is 5.11 Å². The Morgan fingerprint density at radius 1 is 1.16 bits per heavy atom. The van der Waals surface area contributed by atoms with Crippen LogP contribution in [0.1, 0.15) is 23.6 Å². The predicted octanol–water partition coefficient (Wildman–Crippen LogP) is 1.50. The highest BCUT2D eigenvalue weighted by Gasteiger charge is 2.65. The standard InChI is InChI=1S/C17H19N3O4S/c1-17(2)11(12(17)16(23)24)13(21)18-7-8-19-14(22)15-20-9-5-3-4-6-10(9)25-15/h3-6,11-12H,7-8H2,1-2H3,(H,18,21)(H,19,22)(H,23,24)/t11-,12+/m1/s1. The molecule has 1 heterocycles. The summed E-state index contributed by atoms with van der Waals surface area (Å²) in [5.41, 5.74) is 0.252. The van der Waals surface area contributed by atoms with Gasteiger partial charge in [-0.05, 0) is 17.5 Å². The van der Waals surface area contributed by atoms with Gasteiger partial charge in [0.05, 0.1) is 22.1 Å². The Balaban J connectivity index is 1.46. The van der Waals surface area contributed by atoms with E-state index >= 15 is 0 Å². The van der Waals surface area contributed by atoms with Crippen molar-refractivity contribution in [2.45, 2.75) is 13.8 Å². The van der Waals surface area contributed by atoms with E-state index in [0.717, 1.165) is 10.2 Å². The topological polar surface area (TPSA) is 108 Å². The third kappa shape index (κ3) is 3.34. The first-order valence-electron chi connectivity index (χ1n) is 7.96. The molecule has 0 aliphatic heterocycles. The number of hydrogen-bond donors (Lipinski definition) is 3. The van der Waals surface area contributed by atoms with Gasteiger partial charge in [0, 0.05) is 13.1 Å². The molecule has 1 aromatic heterocycles. The fourth-order valence-electron chi connectivity index (χ4n) is 3.10. The number of para-hydroxylation sites is 1. The summed E-state index contributed by atoms with van der Waals surface area (Å²) in [6, 6.07) is 7.50. The highest BCUT2D eigenvalue weighted by Crippen LogP contribution is 2.58. The van der Waals surface area contributed by atoms with E-state index in [1.807, 2.05) is 24.3 Å². The summed E-state index contributed by atoms with van der Waals surface area (Å²) in [7, 11) is 0. The summed E-state index contributed by atoms with van der Waals surface area (Å²) >= 11 is 1.31. The Morgan fingerprint density at radius 2 is 1.84 bits per heavy atom. The fraction of sp³-hybridized carbons (Fsp3) is 0.412. The summed E-state index contributed by atoms with van der Waals surface area (Å²) in [5, 5.41) is 14.9. The van der Waals surface area contributed by atoms with Crippen molar-refractivity contribution >= 4 is 39.3 Å². The Bertz CT molecular complexity index is 812. The number of aromatic nitrogens is 1. The lowest BCUT2D eigenvalue weighted by atomic mass is 10.1. The average molecular weight is 361 g/mol. The molecule has 1 fully saturated rings. The van der Waals surface area contributed by atoms with Crippen LogP contribution in [0.15, 0.2) is 24.3 Å². The van der Waals surface area contributed by atoms with Gasteiger partial charge in [0.25, 0.3) is 5.91 Å². The second kappa shape index (κ2) is 6.44. The summed E-state index contributed by atoms with van der Waals surface area (Å²) in [5.74, 6) is -2.69. The minimum atomic E-state index is -0.950. The fourth-order valence-corrected chi connectivity index (χ4v) is 3.99. The van der Waals surface area contributed by atoms with E-state index in [0.29, 0.717) is 5.01 Å². The van der Waals surface area contributed by atoms with Gasteiger partial charge in [-0.15, -0.1) is 11.3 Å². The third-order valence-corrected chi connectivity index (χ3v) is 5.61. The number of fused-ring (bicyclic) bond motifs is 1. The second-order valence-corrected chi connectivity index (χ2v) is 7.68. The molecule has 0 radical (unpaired) electrons. The predicted molar refractivity (Wildman–Crippen MR) is 93.4 cm³/mol. The normalized spacial score (nSPS) is 20.9. The van der Waals surface area contributed by atoms with Crippen LogP contribution in [-0.4, -0.2) is 41.0 Å². The van der Waals surface area contributed by atoms with Gasteiger partial charge in [0.2, 0.25) is 5.91 Å². The Morgan fingerprint density at radius 3 is 2.48 bits per heavy atom. The van der Waals surface area contributed by atoms with Gasteiger partial charge < -0.3 is 15.7 Å². The lowest BCUT2D eigenvalue weighted by Crippen LogP contribution is -2.36. The maximum Gasteiger partial charge on any atom is 0.307 e. The molecule has 3 rings (SSSR count). The van der Waals surface area contributed by atoms with Crippen LogP contribution in [-0.2, 0) is 9.59 Å². The number of nitrogens with one attached hydrogen (secondary N) is 2. The monoisotopic (exact) mass is 361 g/mol. The van der Waals surface area contributed by atoms with Crippen molar-refractivity contribution in [3.05, 3.63) is 29.3 Å². The molecule has 0 unspecified atom stereocenters. The van der Waals surface area contributed by atoms with Crippen LogP contribution in [0.3, 0.4) is 0 Å². The molecule has 7 nitrogen and oxygen atoms in total. The zero-order chi connectivity index (χ0) is 18.2. The zero-order valence-electron chi connectivity index (χ0n) is 13.9. The molecule has 0 spiro atoms. The van der Waals surface area contributed by atoms with E-state index in [9.17, 15) is 14.4 Å². The largest absolute Gasteiger partial charge is 0.481 e. The van der Waals surface area contributed by atoms with Crippen molar-refractivity contribution in [2.75, 3.05) is 13.1 Å². The van der Waals surface area contributed by atoms with Gasteiger partial charge in [0.1, 0.15) is 0 Å². The lowest BCUT2D eigenvalue weighted by molar-refractivity contribution is -0.140. The number of hydrogen-bond acceptors (Lipinski definition) is 5. The van der Waals surface area contributed by atoms with Crippen molar-refractivity contribution in [2.24, 2.45) is 17.3 Å². The van der Waals surface area contributed by atoms with Gasteiger partial charge in [0.15, 0.2) is 5.01 Å². The molecule has 132 valence electrons. The number of amides is 2. The molecular weight excluding hydrogens is 342 g/mol. The molecule has 1 aromatic carbocycles. The number of carbonyl (C=O) groups excluding carboxylic acids is 2. The number of aliphatic carboxylic acids is 1. The number of carboxylic acids is 1. The molecular formula is C17H19N3O4S. The lowest BCUT2D eigenvalue weighted by Gasteiger charge is -2.06. The molecule has 3 N–H and O–H groups in total. The number of benzene rings is 1. The molecule has 1 saturated carbocycles. The quantitative estimate of drug-likeness (QED) is 0.676. The van der Waals surface area contributed by atoms with E-state index in [2.05, 4.69) is 15.6 Å². The summed E-state index contributed by atoms with van der Waals surface area (Å²) in [6.07, 6.45) is 0. The summed E-state index contributed by atoms with van der Waals surface area (Å²) in [6.45, 7) is 4.04. The summed E-state index contributed by atoms with van der Waals surface area (Å²) < 4.78 is 0.941. The minimum absolute atomic E-state index is 0.244. The molecule has 2 aromatic rings. The Kier molecular flexibility index (Phi) is 4.47. The number of nitrogens with zero attached hydrogens (tertiary/aromatic N) is 1. The number of rotatable bonds is 6. The van der Waals surface area contributed by atoms with Crippen molar-refractivity contribution in [1.82, 2.24) is 15.6 Å². The van der Waals surface area contributed by atoms with Crippen molar-refractivity contribution < 1.29 is 19.5 Å². The van der Waals surface area contributed by atoms with Crippen molar-refractivity contribution in [3.8, 4) is 0 Å². The molecule has 8 heteroatoms. The van der Waals surface area contributed by atoms with Crippen molar-refractivity contribution in [1.29, 1.82) is 0 Å². The average Bonchev–Trinajstić information content (AvgIpc) is 2.92. The Hall–Kier alpha value is -2.48. The van der Waals surface area contributed by atoms with Crippen LogP contribution < -0.4 is 10.6 Å². The number of thiazole rings is 1. The number of carbonyl (C=O) groups is 3. The van der Waals surface area contributed by atoms with E-state index in [1.54, 1.807) is 13.8 Å². The maximum atomic E-state index is 12.1. The SMILES string of the molecule is CC1(C)[C@H](C(=O)O)[C@@H]1C(=O)NCCNC(=O)c1nc2ccccc2s1. The van der Waals surface area contributed by atoms with Crippen LogP contribution in [0.2, 0.25) is 0 Å². The van der Waals surface area contributed by atoms with Crippen LogP contribution in [0.5, 0.6) is 0 Å². The molecule has 0 bridgehead atoms. The van der Waals surface area contributed by atoms with Crippen LogP contribution >= 0.6 is 11.3 Å². The van der Waals surface area contributed by atoms with Crippen LogP contribution in [0.25, 0.3) is 10.2 Å². The van der Waals surface area contributed by atoms with Crippen molar-refractivity contribution in [3.63, 3.8) is 0 Å². The maximum absolute atomic E-state index is 12.1. The Labute approximate surface area is 148 Å². The van der Waals surface area contributed by atoms with Crippen LogP contribution in [0.4, 0.5) is 0 Å². The van der Waals surface area contributed by atoms with E-state index < -0.39 is 23.2 Å². The highest BCUT2D eigenvalue weighted by atomic mass is 32.1. The van der Waals surface area contributed by atoms with Gasteiger partial charge in [-0.3, -0.25) is 14.4 Å². The summed E-state index contributed by atoms with van der Waals surface area (Å²) in [4.78, 5) is 39.5. The van der Waals surface area contributed by atoms with Gasteiger partial charge in [-0.2, -0.15) is 0 Å². The molecule has 2 amide bonds. The van der Waals surface area contributed by atoms with Crippen LogP contribution in [0, 0.1) is 17.3 Å². The van der Waals surface area contributed by atoms with Gasteiger partial charge >= 0.3 is 5.97 Å². The van der Waals surface area contributed by atoms with Gasteiger partial charge in [-0.25, -0.2) is 4.98 Å². The number of carboxylic acid groups (broad SMARTS) is 1.